The lowest BCUT2D eigenvalue weighted by molar-refractivity contribution is -0.133. The van der Waals surface area contributed by atoms with Crippen molar-refractivity contribution in [2.75, 3.05) is 7.05 Å². The molecule has 2 aliphatic rings. The fourth-order valence-electron chi connectivity index (χ4n) is 3.40. The highest BCUT2D eigenvalue weighted by Crippen LogP contribution is 2.29. The number of fused-ring (bicyclic) bond motifs is 2. The van der Waals surface area contributed by atoms with Crippen molar-refractivity contribution < 1.29 is 4.79 Å². The van der Waals surface area contributed by atoms with Crippen molar-refractivity contribution in [3.63, 3.8) is 0 Å². The molecule has 0 radical (unpaired) electrons. The van der Waals surface area contributed by atoms with Crippen LogP contribution < -0.4 is 10.9 Å². The zero-order valence-corrected chi connectivity index (χ0v) is 11.8. The molecular formula is C15H21N3O2. The van der Waals surface area contributed by atoms with Gasteiger partial charge in [-0.1, -0.05) is 6.07 Å². The topological polar surface area (TPSA) is 54.3 Å². The Hall–Kier alpha value is -1.62. The molecule has 108 valence electrons. The minimum absolute atomic E-state index is 0.0181. The minimum atomic E-state index is -0.125. The third-order valence-corrected chi connectivity index (χ3v) is 4.59. The van der Waals surface area contributed by atoms with Gasteiger partial charge in [0.1, 0.15) is 6.54 Å². The Morgan fingerprint density at radius 2 is 2.05 bits per heavy atom. The number of amides is 1. The lowest BCUT2D eigenvalue weighted by Gasteiger charge is -2.35. The van der Waals surface area contributed by atoms with Gasteiger partial charge in [-0.3, -0.25) is 9.59 Å². The molecule has 2 unspecified atom stereocenters. The number of aromatic nitrogens is 1. The summed E-state index contributed by atoms with van der Waals surface area (Å²) in [5, 5.41) is 3.58. The van der Waals surface area contributed by atoms with Crippen LogP contribution in [0.2, 0.25) is 0 Å². The van der Waals surface area contributed by atoms with Gasteiger partial charge in [-0.25, -0.2) is 0 Å². The highest BCUT2D eigenvalue weighted by Gasteiger charge is 2.36. The van der Waals surface area contributed by atoms with Gasteiger partial charge in [-0.15, -0.1) is 0 Å². The summed E-state index contributed by atoms with van der Waals surface area (Å²) in [7, 11) is 1.87. The summed E-state index contributed by atoms with van der Waals surface area (Å²) >= 11 is 0. The normalized spacial score (nSPS) is 28.4. The second-order valence-corrected chi connectivity index (χ2v) is 5.93. The van der Waals surface area contributed by atoms with Gasteiger partial charge in [-0.05, 0) is 31.7 Å². The van der Waals surface area contributed by atoms with Crippen molar-refractivity contribution in [1.82, 2.24) is 14.8 Å². The number of rotatable bonds is 3. The van der Waals surface area contributed by atoms with Crippen molar-refractivity contribution in [2.24, 2.45) is 0 Å². The summed E-state index contributed by atoms with van der Waals surface area (Å²) in [6.45, 7) is 0.134. The van der Waals surface area contributed by atoms with E-state index < -0.39 is 0 Å². The smallest absolute Gasteiger partial charge is 0.250 e. The number of nitrogens with zero attached hydrogens (tertiary/aromatic N) is 2. The van der Waals surface area contributed by atoms with Crippen LogP contribution in [0.5, 0.6) is 0 Å². The van der Waals surface area contributed by atoms with Crippen molar-refractivity contribution in [3.05, 3.63) is 34.7 Å². The first kappa shape index (κ1) is 13.4. The fourth-order valence-corrected chi connectivity index (χ4v) is 3.40. The SMILES string of the molecule is CN(C(=O)Cn1ccccc1=O)C1CC2CCC(C1)N2. The Morgan fingerprint density at radius 3 is 2.70 bits per heavy atom. The molecule has 3 heterocycles. The van der Waals surface area contributed by atoms with Gasteiger partial charge in [0.15, 0.2) is 0 Å². The third kappa shape index (κ3) is 2.63. The summed E-state index contributed by atoms with van der Waals surface area (Å²) in [6, 6.07) is 6.39. The average molecular weight is 275 g/mol. The summed E-state index contributed by atoms with van der Waals surface area (Å²) in [5.41, 5.74) is -0.125. The van der Waals surface area contributed by atoms with Crippen LogP contribution >= 0.6 is 0 Å². The van der Waals surface area contributed by atoms with Gasteiger partial charge in [-0.2, -0.15) is 0 Å². The van der Waals surface area contributed by atoms with E-state index >= 15 is 0 Å². The first-order valence-electron chi connectivity index (χ1n) is 7.30. The van der Waals surface area contributed by atoms with E-state index in [0.717, 1.165) is 12.8 Å². The van der Waals surface area contributed by atoms with E-state index in [1.165, 1.54) is 23.5 Å². The maximum atomic E-state index is 12.3. The summed E-state index contributed by atoms with van der Waals surface area (Å²) < 4.78 is 1.47. The van der Waals surface area contributed by atoms with Crippen LogP contribution in [0.15, 0.2) is 29.2 Å². The molecule has 2 fully saturated rings. The maximum absolute atomic E-state index is 12.3. The van der Waals surface area contributed by atoms with E-state index in [2.05, 4.69) is 5.32 Å². The van der Waals surface area contributed by atoms with Crippen molar-refractivity contribution >= 4 is 5.91 Å². The lowest BCUT2D eigenvalue weighted by atomic mass is 9.98. The number of pyridine rings is 1. The largest absolute Gasteiger partial charge is 0.341 e. The molecule has 1 amide bonds. The molecule has 0 spiro atoms. The average Bonchev–Trinajstić information content (AvgIpc) is 2.79. The van der Waals surface area contributed by atoms with Crippen LogP contribution in [0.4, 0.5) is 0 Å². The molecule has 2 bridgehead atoms. The predicted molar refractivity (Wildman–Crippen MR) is 76.4 cm³/mol. The summed E-state index contributed by atoms with van der Waals surface area (Å²) in [6.07, 6.45) is 6.17. The molecule has 3 rings (SSSR count). The number of carbonyl (C=O) groups is 1. The molecule has 5 nitrogen and oxygen atoms in total. The number of piperidine rings is 1. The van der Waals surface area contributed by atoms with Crippen molar-refractivity contribution in [2.45, 2.75) is 50.4 Å². The molecular weight excluding hydrogens is 254 g/mol. The Morgan fingerprint density at radius 1 is 1.35 bits per heavy atom. The van der Waals surface area contributed by atoms with Crippen LogP contribution in [-0.4, -0.2) is 40.5 Å². The number of nitrogens with one attached hydrogen (secondary N) is 1. The van der Waals surface area contributed by atoms with Crippen molar-refractivity contribution in [1.29, 1.82) is 0 Å². The maximum Gasteiger partial charge on any atom is 0.250 e. The third-order valence-electron chi connectivity index (χ3n) is 4.59. The van der Waals surface area contributed by atoms with Gasteiger partial charge < -0.3 is 14.8 Å². The molecule has 0 aliphatic carbocycles. The standard InChI is InChI=1S/C15H21N3O2/c1-17(13-8-11-5-6-12(9-13)16-11)15(20)10-18-7-3-2-4-14(18)19/h2-4,7,11-13,16H,5-6,8-10H2,1H3. The zero-order valence-electron chi connectivity index (χ0n) is 11.8. The van der Waals surface area contributed by atoms with E-state index in [4.69, 9.17) is 0 Å². The number of carbonyl (C=O) groups excluding carboxylic acids is 1. The molecule has 2 saturated heterocycles. The number of likely N-dealkylation sites (N-methyl/N-ethyl adjacent to an activating group) is 1. The van der Waals surface area contributed by atoms with Gasteiger partial charge in [0, 0.05) is 37.4 Å². The van der Waals surface area contributed by atoms with E-state index in [-0.39, 0.29) is 18.0 Å². The first-order valence-corrected chi connectivity index (χ1v) is 7.30. The van der Waals surface area contributed by atoms with Crippen LogP contribution in [0.3, 0.4) is 0 Å². The second kappa shape index (κ2) is 5.40. The number of hydrogen-bond donors (Lipinski definition) is 1. The Kier molecular flexibility index (Phi) is 3.61. The number of hydrogen-bond acceptors (Lipinski definition) is 3. The Balaban J connectivity index is 1.65. The first-order chi connectivity index (χ1) is 9.63. The van der Waals surface area contributed by atoms with Crippen LogP contribution in [0, 0.1) is 0 Å². The molecule has 20 heavy (non-hydrogen) atoms. The van der Waals surface area contributed by atoms with Gasteiger partial charge in [0.05, 0.1) is 0 Å². The van der Waals surface area contributed by atoms with Gasteiger partial charge in [0.2, 0.25) is 5.91 Å². The monoisotopic (exact) mass is 275 g/mol. The zero-order chi connectivity index (χ0) is 14.1. The van der Waals surface area contributed by atoms with Crippen molar-refractivity contribution in [3.8, 4) is 0 Å². The minimum Gasteiger partial charge on any atom is -0.341 e. The quantitative estimate of drug-likeness (QED) is 0.878. The molecule has 5 heteroatoms. The van der Waals surface area contributed by atoms with Crippen LogP contribution in [0.25, 0.3) is 0 Å². The van der Waals surface area contributed by atoms with E-state index in [9.17, 15) is 9.59 Å². The molecule has 0 aromatic carbocycles. The van der Waals surface area contributed by atoms with E-state index in [1.807, 2.05) is 11.9 Å². The molecule has 1 aromatic rings. The Bertz CT molecular complexity index is 542. The summed E-state index contributed by atoms with van der Waals surface area (Å²) in [5.74, 6) is 0.0181. The van der Waals surface area contributed by atoms with Crippen LogP contribution in [-0.2, 0) is 11.3 Å². The Labute approximate surface area is 118 Å². The van der Waals surface area contributed by atoms with Gasteiger partial charge >= 0.3 is 0 Å². The summed E-state index contributed by atoms with van der Waals surface area (Å²) in [4.78, 5) is 25.8. The lowest BCUT2D eigenvalue weighted by Crippen LogP contribution is -2.49. The van der Waals surface area contributed by atoms with Gasteiger partial charge in [0.25, 0.3) is 5.56 Å². The highest BCUT2D eigenvalue weighted by molar-refractivity contribution is 5.76. The van der Waals surface area contributed by atoms with E-state index in [1.54, 1.807) is 18.3 Å². The predicted octanol–water partition coefficient (Wildman–Crippen LogP) is 0.590. The molecule has 2 aliphatic heterocycles. The molecule has 2 atom stereocenters. The van der Waals surface area contributed by atoms with Crippen LogP contribution in [0.1, 0.15) is 25.7 Å². The highest BCUT2D eigenvalue weighted by atomic mass is 16.2. The second-order valence-electron chi connectivity index (χ2n) is 5.93. The molecule has 1 N–H and O–H groups in total. The fraction of sp³-hybridized carbons (Fsp3) is 0.600. The molecule has 1 aromatic heterocycles. The van der Waals surface area contributed by atoms with E-state index in [0.29, 0.717) is 18.1 Å². The molecule has 0 saturated carbocycles.